The topological polar surface area (TPSA) is 12.0 Å². The molecule has 106 valence electrons. The van der Waals surface area contributed by atoms with Gasteiger partial charge in [0.15, 0.2) is 0 Å². The van der Waals surface area contributed by atoms with E-state index in [1.165, 1.54) is 16.7 Å². The highest BCUT2D eigenvalue weighted by Crippen LogP contribution is 2.24. The van der Waals surface area contributed by atoms with Crippen molar-refractivity contribution in [1.29, 1.82) is 0 Å². The smallest absolute Gasteiger partial charge is 0.0323 e. The molecule has 2 aromatic rings. The van der Waals surface area contributed by atoms with Crippen LogP contribution in [-0.2, 0) is 0 Å². The quantitative estimate of drug-likeness (QED) is 0.756. The third-order valence-electron chi connectivity index (χ3n) is 3.79. The van der Waals surface area contributed by atoms with Crippen molar-refractivity contribution in [2.45, 2.75) is 39.3 Å². The lowest BCUT2D eigenvalue weighted by Gasteiger charge is -2.24. The van der Waals surface area contributed by atoms with Gasteiger partial charge in [-0.2, -0.15) is 0 Å². The molecule has 2 atom stereocenters. The highest BCUT2D eigenvalue weighted by Gasteiger charge is 2.14. The summed E-state index contributed by atoms with van der Waals surface area (Å²) in [5.41, 5.74) is 4.07. The summed E-state index contributed by atoms with van der Waals surface area (Å²) in [6.07, 6.45) is 1.08. The Balaban J connectivity index is 2.14. The summed E-state index contributed by atoms with van der Waals surface area (Å²) in [7, 11) is 0. The van der Waals surface area contributed by atoms with Crippen LogP contribution in [0.5, 0.6) is 0 Å². The molecule has 1 N–H and O–H groups in total. The summed E-state index contributed by atoms with van der Waals surface area (Å²) in [6.45, 7) is 6.64. The van der Waals surface area contributed by atoms with Gasteiger partial charge in [-0.05, 0) is 49.1 Å². The Hall–Kier alpha value is -1.12. The first-order valence-electron chi connectivity index (χ1n) is 7.19. The van der Waals surface area contributed by atoms with E-state index in [0.29, 0.717) is 12.1 Å². The van der Waals surface area contributed by atoms with E-state index in [4.69, 9.17) is 0 Å². The number of benzene rings is 2. The Bertz CT molecular complexity index is 548. The second-order valence-corrected chi connectivity index (χ2v) is 6.17. The Morgan fingerprint density at radius 2 is 1.70 bits per heavy atom. The zero-order chi connectivity index (χ0) is 14.5. The molecule has 2 heteroatoms. The van der Waals surface area contributed by atoms with Crippen LogP contribution < -0.4 is 5.32 Å². The van der Waals surface area contributed by atoms with Crippen LogP contribution in [-0.4, -0.2) is 0 Å². The number of aryl methyl sites for hydroxylation is 1. The predicted molar refractivity (Wildman–Crippen MR) is 89.9 cm³/mol. The van der Waals surface area contributed by atoms with Crippen LogP contribution in [0.15, 0.2) is 53.0 Å². The number of rotatable bonds is 5. The zero-order valence-electron chi connectivity index (χ0n) is 12.4. The molecular weight excluding hydrogens is 310 g/mol. The molecule has 0 spiro atoms. The normalized spacial score (nSPS) is 14.0. The first-order valence-corrected chi connectivity index (χ1v) is 7.98. The first-order chi connectivity index (χ1) is 9.61. The molecule has 2 rings (SSSR count). The van der Waals surface area contributed by atoms with Crippen molar-refractivity contribution in [3.63, 3.8) is 0 Å². The van der Waals surface area contributed by atoms with Crippen molar-refractivity contribution in [3.05, 3.63) is 69.7 Å². The van der Waals surface area contributed by atoms with E-state index < -0.39 is 0 Å². The molecule has 0 heterocycles. The molecule has 1 unspecified atom stereocenters. The number of hydrogen-bond acceptors (Lipinski definition) is 1. The Morgan fingerprint density at radius 3 is 2.30 bits per heavy atom. The Morgan fingerprint density at radius 1 is 1.05 bits per heavy atom. The summed E-state index contributed by atoms with van der Waals surface area (Å²) in [4.78, 5) is 0. The van der Waals surface area contributed by atoms with Crippen LogP contribution in [0.4, 0.5) is 0 Å². The van der Waals surface area contributed by atoms with E-state index in [1.54, 1.807) is 0 Å². The maximum Gasteiger partial charge on any atom is 0.0323 e. The van der Waals surface area contributed by atoms with Gasteiger partial charge < -0.3 is 5.32 Å². The average Bonchev–Trinajstić information content (AvgIpc) is 2.46. The maximum absolute atomic E-state index is 3.74. The van der Waals surface area contributed by atoms with Crippen LogP contribution in [0.3, 0.4) is 0 Å². The molecule has 0 bridgehead atoms. The van der Waals surface area contributed by atoms with E-state index in [-0.39, 0.29) is 0 Å². The fourth-order valence-electron chi connectivity index (χ4n) is 2.61. The highest BCUT2D eigenvalue weighted by atomic mass is 79.9. The molecular formula is C18H22BrN. The van der Waals surface area contributed by atoms with Gasteiger partial charge in [-0.1, -0.05) is 59.3 Å². The predicted octanol–water partition coefficient (Wildman–Crippen LogP) is 5.56. The summed E-state index contributed by atoms with van der Waals surface area (Å²) in [5, 5.41) is 3.74. The molecule has 0 radical (unpaired) electrons. The lowest BCUT2D eigenvalue weighted by Crippen LogP contribution is -2.24. The second kappa shape index (κ2) is 7.05. The van der Waals surface area contributed by atoms with E-state index >= 15 is 0 Å². The third kappa shape index (κ3) is 3.71. The minimum absolute atomic E-state index is 0.352. The van der Waals surface area contributed by atoms with Gasteiger partial charge in [0, 0.05) is 16.6 Å². The minimum atomic E-state index is 0.352. The molecule has 0 aliphatic carbocycles. The lowest BCUT2D eigenvalue weighted by molar-refractivity contribution is 0.455. The van der Waals surface area contributed by atoms with Crippen molar-refractivity contribution in [2.75, 3.05) is 0 Å². The fourth-order valence-corrected chi connectivity index (χ4v) is 2.87. The zero-order valence-corrected chi connectivity index (χ0v) is 13.9. The Labute approximate surface area is 130 Å². The van der Waals surface area contributed by atoms with E-state index in [9.17, 15) is 0 Å². The SMILES string of the molecule is CCC(N[C@H](C)c1ccccc1C)c1ccc(Br)cc1. The molecule has 0 fully saturated rings. The van der Waals surface area contributed by atoms with Crippen LogP contribution in [0, 0.1) is 6.92 Å². The summed E-state index contributed by atoms with van der Waals surface area (Å²) in [5.74, 6) is 0. The van der Waals surface area contributed by atoms with E-state index in [1.807, 2.05) is 0 Å². The standard InChI is InChI=1S/C18H22BrN/c1-4-18(15-9-11-16(19)12-10-15)20-14(3)17-8-6-5-7-13(17)2/h5-12,14,18,20H,4H2,1-3H3/t14-,18?/m1/s1. The Kier molecular flexibility index (Phi) is 5.38. The average molecular weight is 332 g/mol. The van der Waals surface area contributed by atoms with Gasteiger partial charge in [0.25, 0.3) is 0 Å². The molecule has 0 aliphatic heterocycles. The number of nitrogens with one attached hydrogen (secondary N) is 1. The molecule has 0 saturated carbocycles. The van der Waals surface area contributed by atoms with Gasteiger partial charge >= 0.3 is 0 Å². The molecule has 1 nitrogen and oxygen atoms in total. The monoisotopic (exact) mass is 331 g/mol. The molecule has 20 heavy (non-hydrogen) atoms. The number of hydrogen-bond donors (Lipinski definition) is 1. The van der Waals surface area contributed by atoms with Crippen molar-refractivity contribution in [1.82, 2.24) is 5.32 Å². The van der Waals surface area contributed by atoms with Crippen molar-refractivity contribution >= 4 is 15.9 Å². The molecule has 0 saturated heterocycles. The van der Waals surface area contributed by atoms with Crippen LogP contribution in [0.1, 0.15) is 49.0 Å². The van der Waals surface area contributed by atoms with E-state index in [2.05, 4.69) is 90.5 Å². The van der Waals surface area contributed by atoms with Gasteiger partial charge in [-0.15, -0.1) is 0 Å². The lowest BCUT2D eigenvalue weighted by atomic mass is 9.99. The number of halogens is 1. The largest absolute Gasteiger partial charge is 0.303 e. The van der Waals surface area contributed by atoms with Crippen LogP contribution in [0.25, 0.3) is 0 Å². The van der Waals surface area contributed by atoms with Gasteiger partial charge in [0.1, 0.15) is 0 Å². The van der Waals surface area contributed by atoms with Crippen molar-refractivity contribution in [3.8, 4) is 0 Å². The van der Waals surface area contributed by atoms with Gasteiger partial charge in [0.2, 0.25) is 0 Å². The molecule has 0 aliphatic rings. The third-order valence-corrected chi connectivity index (χ3v) is 4.32. The molecule has 0 aromatic heterocycles. The summed E-state index contributed by atoms with van der Waals surface area (Å²) in [6, 6.07) is 17.9. The molecule has 0 amide bonds. The van der Waals surface area contributed by atoms with E-state index in [0.717, 1.165) is 10.9 Å². The van der Waals surface area contributed by atoms with Gasteiger partial charge in [-0.25, -0.2) is 0 Å². The van der Waals surface area contributed by atoms with Crippen molar-refractivity contribution in [2.24, 2.45) is 0 Å². The fraction of sp³-hybridized carbons (Fsp3) is 0.333. The van der Waals surface area contributed by atoms with Crippen LogP contribution >= 0.6 is 15.9 Å². The van der Waals surface area contributed by atoms with Gasteiger partial charge in [0.05, 0.1) is 0 Å². The highest BCUT2D eigenvalue weighted by molar-refractivity contribution is 9.10. The molecule has 2 aromatic carbocycles. The maximum atomic E-state index is 3.74. The summed E-state index contributed by atoms with van der Waals surface area (Å²) < 4.78 is 1.13. The minimum Gasteiger partial charge on any atom is -0.303 e. The first kappa shape index (κ1) is 15.3. The van der Waals surface area contributed by atoms with Gasteiger partial charge in [-0.3, -0.25) is 0 Å². The van der Waals surface area contributed by atoms with Crippen molar-refractivity contribution < 1.29 is 0 Å². The second-order valence-electron chi connectivity index (χ2n) is 5.26. The summed E-state index contributed by atoms with van der Waals surface area (Å²) >= 11 is 3.49. The van der Waals surface area contributed by atoms with Crippen LogP contribution in [0.2, 0.25) is 0 Å².